The molecule has 0 aromatic carbocycles. The summed E-state index contributed by atoms with van der Waals surface area (Å²) in [5, 5.41) is 12.2. The Morgan fingerprint density at radius 2 is 2.00 bits per heavy atom. The zero-order valence-electron chi connectivity index (χ0n) is 10.6. The molecule has 0 aliphatic carbocycles. The van der Waals surface area contributed by atoms with Crippen LogP contribution in [0.1, 0.15) is 38.1 Å². The van der Waals surface area contributed by atoms with Crippen molar-refractivity contribution in [2.24, 2.45) is 5.14 Å². The number of hydrogen-bond acceptors (Lipinski definition) is 6. The van der Waals surface area contributed by atoms with E-state index in [0.29, 0.717) is 12.2 Å². The molecule has 2 N–H and O–H groups in total. The third-order valence-electron chi connectivity index (χ3n) is 3.06. The van der Waals surface area contributed by atoms with Crippen LogP contribution in [0, 0.1) is 0 Å². The molecule has 19 heavy (non-hydrogen) atoms. The van der Waals surface area contributed by atoms with Gasteiger partial charge >= 0.3 is 0 Å². The fourth-order valence-corrected chi connectivity index (χ4v) is 4.72. The van der Waals surface area contributed by atoms with Crippen molar-refractivity contribution in [1.82, 2.24) is 14.8 Å². The van der Waals surface area contributed by atoms with E-state index >= 15 is 0 Å². The van der Waals surface area contributed by atoms with Crippen LogP contribution in [0.15, 0.2) is 5.16 Å². The zero-order valence-corrected chi connectivity index (χ0v) is 12.3. The summed E-state index contributed by atoms with van der Waals surface area (Å²) >= 11 is 0. The first-order valence-corrected chi connectivity index (χ1v) is 9.16. The topological polar surface area (TPSA) is 125 Å². The predicted octanol–water partition coefficient (Wildman–Crippen LogP) is -0.591. The van der Waals surface area contributed by atoms with E-state index in [1.165, 1.54) is 4.57 Å². The Balaban J connectivity index is 2.51. The maximum atomic E-state index is 11.5. The van der Waals surface area contributed by atoms with Gasteiger partial charge in [0.1, 0.15) is 5.82 Å². The number of sulfone groups is 1. The minimum absolute atomic E-state index is 0.0253. The van der Waals surface area contributed by atoms with Gasteiger partial charge in [0.15, 0.2) is 9.84 Å². The molecular weight excluding hydrogens is 292 g/mol. The molecule has 0 radical (unpaired) electrons. The van der Waals surface area contributed by atoms with Crippen LogP contribution in [0.2, 0.25) is 0 Å². The van der Waals surface area contributed by atoms with Crippen LogP contribution in [-0.4, -0.2) is 43.1 Å². The molecule has 1 fully saturated rings. The van der Waals surface area contributed by atoms with Crippen molar-refractivity contribution in [3.63, 3.8) is 0 Å². The molecule has 10 heteroatoms. The monoisotopic (exact) mass is 308 g/mol. The van der Waals surface area contributed by atoms with Gasteiger partial charge in [0.25, 0.3) is 15.2 Å². The van der Waals surface area contributed by atoms with Gasteiger partial charge in [-0.15, -0.1) is 10.2 Å². The smallest absolute Gasteiger partial charge is 0.273 e. The van der Waals surface area contributed by atoms with E-state index in [1.807, 2.05) is 0 Å². The molecular formula is C9H16N4O4S2. The highest BCUT2D eigenvalue weighted by molar-refractivity contribution is 7.91. The summed E-state index contributed by atoms with van der Waals surface area (Å²) in [6.07, 6.45) is 0.428. The normalized spacial score (nSPS) is 23.1. The molecule has 1 atom stereocenters. The van der Waals surface area contributed by atoms with E-state index in [-0.39, 0.29) is 28.6 Å². The van der Waals surface area contributed by atoms with Crippen molar-refractivity contribution < 1.29 is 16.8 Å². The minimum atomic E-state index is -3.98. The van der Waals surface area contributed by atoms with Gasteiger partial charge in [0.05, 0.1) is 11.5 Å². The van der Waals surface area contributed by atoms with Crippen molar-refractivity contribution in [2.75, 3.05) is 11.5 Å². The third-order valence-corrected chi connectivity index (χ3v) is 5.61. The standard InChI is InChI=1S/C9H16N4O4S2/c1-6(2)13-8(7-3-4-18(14,15)5-7)11-12-9(13)19(10,16)17/h6-7H,3-5H2,1-2H3,(H2,10,16,17). The van der Waals surface area contributed by atoms with E-state index in [4.69, 9.17) is 5.14 Å². The van der Waals surface area contributed by atoms with Crippen LogP contribution in [0.4, 0.5) is 0 Å². The van der Waals surface area contributed by atoms with Gasteiger partial charge in [0, 0.05) is 12.0 Å². The van der Waals surface area contributed by atoms with Gasteiger partial charge in [-0.1, -0.05) is 0 Å². The van der Waals surface area contributed by atoms with Gasteiger partial charge in [-0.3, -0.25) is 4.57 Å². The summed E-state index contributed by atoms with van der Waals surface area (Å²) in [7, 11) is -7.05. The summed E-state index contributed by atoms with van der Waals surface area (Å²) < 4.78 is 47.3. The number of hydrogen-bond donors (Lipinski definition) is 1. The van der Waals surface area contributed by atoms with E-state index in [9.17, 15) is 16.8 Å². The first kappa shape index (κ1) is 14.4. The summed E-state index contributed by atoms with van der Waals surface area (Å²) in [6.45, 7) is 3.54. The van der Waals surface area contributed by atoms with Crippen LogP contribution >= 0.6 is 0 Å². The quantitative estimate of drug-likeness (QED) is 0.795. The van der Waals surface area contributed by atoms with Crippen molar-refractivity contribution in [3.8, 4) is 0 Å². The molecule has 1 aromatic rings. The predicted molar refractivity (Wildman–Crippen MR) is 67.8 cm³/mol. The molecule has 2 heterocycles. The summed E-state index contributed by atoms with van der Waals surface area (Å²) in [5.74, 6) is 0.117. The molecule has 0 spiro atoms. The summed E-state index contributed by atoms with van der Waals surface area (Å²) in [6, 6.07) is -0.221. The average Bonchev–Trinajstić information content (AvgIpc) is 2.79. The van der Waals surface area contributed by atoms with Gasteiger partial charge < -0.3 is 0 Å². The number of nitrogens with two attached hydrogens (primary N) is 1. The Bertz CT molecular complexity index is 690. The van der Waals surface area contributed by atoms with Crippen LogP contribution in [0.25, 0.3) is 0 Å². The van der Waals surface area contributed by atoms with E-state index in [1.54, 1.807) is 13.8 Å². The number of primary sulfonamides is 1. The highest BCUT2D eigenvalue weighted by Gasteiger charge is 2.35. The lowest BCUT2D eigenvalue weighted by Gasteiger charge is -2.15. The molecule has 1 aliphatic heterocycles. The van der Waals surface area contributed by atoms with Gasteiger partial charge in [-0.2, -0.15) is 0 Å². The lowest BCUT2D eigenvalue weighted by Crippen LogP contribution is -2.21. The number of nitrogens with zero attached hydrogens (tertiary/aromatic N) is 3. The Kier molecular flexibility index (Phi) is 3.43. The molecule has 1 aromatic heterocycles. The second-order valence-electron chi connectivity index (χ2n) is 4.95. The van der Waals surface area contributed by atoms with Crippen molar-refractivity contribution >= 4 is 19.9 Å². The number of rotatable bonds is 3. The van der Waals surface area contributed by atoms with Gasteiger partial charge in [-0.05, 0) is 20.3 Å². The van der Waals surface area contributed by atoms with Crippen molar-refractivity contribution in [3.05, 3.63) is 5.82 Å². The van der Waals surface area contributed by atoms with E-state index in [0.717, 1.165) is 0 Å². The highest BCUT2D eigenvalue weighted by Crippen LogP contribution is 2.30. The molecule has 8 nitrogen and oxygen atoms in total. The lowest BCUT2D eigenvalue weighted by molar-refractivity contribution is 0.490. The minimum Gasteiger partial charge on any atom is -0.298 e. The second kappa shape index (κ2) is 4.53. The van der Waals surface area contributed by atoms with Crippen LogP contribution in [0.3, 0.4) is 0 Å². The fourth-order valence-electron chi connectivity index (χ4n) is 2.24. The SMILES string of the molecule is CC(C)n1c(C2CCS(=O)(=O)C2)nnc1S(N)(=O)=O. The van der Waals surface area contributed by atoms with E-state index in [2.05, 4.69) is 10.2 Å². The maximum absolute atomic E-state index is 11.5. The summed E-state index contributed by atoms with van der Waals surface area (Å²) in [5.41, 5.74) is 0. The Morgan fingerprint density at radius 1 is 1.37 bits per heavy atom. The molecule has 0 bridgehead atoms. The largest absolute Gasteiger partial charge is 0.298 e. The molecule has 1 unspecified atom stereocenters. The second-order valence-corrected chi connectivity index (χ2v) is 8.63. The highest BCUT2D eigenvalue weighted by atomic mass is 32.2. The Labute approximate surface area is 112 Å². The van der Waals surface area contributed by atoms with Crippen LogP contribution in [-0.2, 0) is 19.9 Å². The van der Waals surface area contributed by atoms with E-state index < -0.39 is 19.9 Å². The van der Waals surface area contributed by atoms with Crippen LogP contribution < -0.4 is 5.14 Å². The lowest BCUT2D eigenvalue weighted by atomic mass is 10.1. The fraction of sp³-hybridized carbons (Fsp3) is 0.778. The van der Waals surface area contributed by atoms with Crippen molar-refractivity contribution in [2.45, 2.75) is 37.4 Å². The van der Waals surface area contributed by atoms with Crippen molar-refractivity contribution in [1.29, 1.82) is 0 Å². The molecule has 0 saturated carbocycles. The summed E-state index contributed by atoms with van der Waals surface area (Å²) in [4.78, 5) is 0. The molecule has 0 amide bonds. The molecule has 2 rings (SSSR count). The third kappa shape index (κ3) is 2.79. The average molecular weight is 308 g/mol. The molecule has 1 aliphatic rings. The van der Waals surface area contributed by atoms with Crippen LogP contribution in [0.5, 0.6) is 0 Å². The molecule has 1 saturated heterocycles. The number of aromatic nitrogens is 3. The maximum Gasteiger partial charge on any atom is 0.273 e. The first-order valence-electron chi connectivity index (χ1n) is 5.80. The zero-order chi connectivity index (χ0) is 14.4. The molecule has 108 valence electrons. The number of sulfonamides is 1. The van der Waals surface area contributed by atoms with Gasteiger partial charge in [0.2, 0.25) is 0 Å². The van der Waals surface area contributed by atoms with Gasteiger partial charge in [-0.25, -0.2) is 22.0 Å². The first-order chi connectivity index (χ1) is 8.62. The Morgan fingerprint density at radius 3 is 2.42 bits per heavy atom. The Hall–Kier alpha value is -1.00.